The van der Waals surface area contributed by atoms with Crippen molar-refractivity contribution in [3.05, 3.63) is 46.5 Å². The van der Waals surface area contributed by atoms with Gasteiger partial charge in [-0.3, -0.25) is 19.3 Å². The smallest absolute Gasteiger partial charge is 0.307 e. The topological polar surface area (TPSA) is 63.7 Å². The lowest BCUT2D eigenvalue weighted by atomic mass is 9.85. The molecule has 2 aliphatic rings. The third kappa shape index (κ3) is 3.59. The third-order valence-corrected chi connectivity index (χ3v) is 4.98. The average Bonchev–Trinajstić information content (AvgIpc) is 2.84. The number of halogens is 1. The Morgan fingerprint density at radius 3 is 2.25 bits per heavy atom. The molecule has 2 atom stereocenters. The van der Waals surface area contributed by atoms with E-state index in [1.807, 2.05) is 36.4 Å². The van der Waals surface area contributed by atoms with Crippen molar-refractivity contribution in [1.29, 1.82) is 0 Å². The number of ether oxygens (including phenoxy) is 1. The van der Waals surface area contributed by atoms with E-state index in [0.29, 0.717) is 12.8 Å². The predicted octanol–water partition coefficient (Wildman–Crippen LogP) is 2.83. The molecule has 5 nitrogen and oxygen atoms in total. The first kappa shape index (κ1) is 16.9. The Kier molecular flexibility index (Phi) is 5.14. The Bertz CT molecular complexity index is 657. The van der Waals surface area contributed by atoms with Crippen LogP contribution in [0.2, 0.25) is 0 Å². The second kappa shape index (κ2) is 7.30. The van der Waals surface area contributed by atoms with Crippen molar-refractivity contribution in [2.24, 2.45) is 11.8 Å². The molecule has 1 fully saturated rings. The molecule has 1 aromatic carbocycles. The minimum absolute atomic E-state index is 0.0286. The van der Waals surface area contributed by atoms with E-state index in [-0.39, 0.29) is 43.2 Å². The van der Waals surface area contributed by atoms with E-state index in [9.17, 15) is 14.4 Å². The summed E-state index contributed by atoms with van der Waals surface area (Å²) in [5.41, 5.74) is 0.886. The molecule has 1 saturated heterocycles. The van der Waals surface area contributed by atoms with E-state index in [1.165, 1.54) is 4.90 Å². The Morgan fingerprint density at radius 2 is 1.67 bits per heavy atom. The van der Waals surface area contributed by atoms with Crippen LogP contribution < -0.4 is 0 Å². The molecule has 1 aromatic rings. The van der Waals surface area contributed by atoms with Crippen LogP contribution in [0.5, 0.6) is 0 Å². The summed E-state index contributed by atoms with van der Waals surface area (Å²) in [6.07, 6.45) is 5.14. The van der Waals surface area contributed by atoms with Gasteiger partial charge in [0.15, 0.2) is 0 Å². The molecule has 2 amide bonds. The van der Waals surface area contributed by atoms with Crippen molar-refractivity contribution < 1.29 is 19.1 Å². The van der Waals surface area contributed by atoms with Crippen LogP contribution in [0.4, 0.5) is 0 Å². The number of likely N-dealkylation sites (tertiary alicyclic amines) is 1. The van der Waals surface area contributed by atoms with Gasteiger partial charge in [-0.1, -0.05) is 40.2 Å². The van der Waals surface area contributed by atoms with E-state index in [4.69, 9.17) is 4.74 Å². The van der Waals surface area contributed by atoms with Gasteiger partial charge < -0.3 is 4.74 Å². The van der Waals surface area contributed by atoms with Crippen molar-refractivity contribution in [2.75, 3.05) is 6.54 Å². The highest BCUT2D eigenvalue weighted by Gasteiger charge is 2.46. The number of nitrogens with zero attached hydrogens (tertiary/aromatic N) is 1. The van der Waals surface area contributed by atoms with Gasteiger partial charge in [-0.05, 0) is 30.5 Å². The number of benzene rings is 1. The van der Waals surface area contributed by atoms with E-state index in [0.717, 1.165) is 10.0 Å². The van der Waals surface area contributed by atoms with Crippen LogP contribution in [0.15, 0.2) is 40.9 Å². The summed E-state index contributed by atoms with van der Waals surface area (Å²) in [6.45, 7) is 0.285. The van der Waals surface area contributed by atoms with Crippen LogP contribution in [-0.2, 0) is 25.7 Å². The zero-order chi connectivity index (χ0) is 17.1. The molecule has 126 valence electrons. The number of carbonyl (C=O) groups is 3. The highest BCUT2D eigenvalue weighted by molar-refractivity contribution is 9.10. The summed E-state index contributed by atoms with van der Waals surface area (Å²) in [5.74, 6) is -1.22. The zero-order valence-corrected chi connectivity index (χ0v) is 14.7. The monoisotopic (exact) mass is 391 g/mol. The second-order valence-corrected chi connectivity index (χ2v) is 6.94. The Balaban J connectivity index is 1.48. The number of esters is 1. The van der Waals surface area contributed by atoms with E-state index in [2.05, 4.69) is 15.9 Å². The number of imide groups is 1. The normalized spacial score (nSPS) is 22.6. The quantitative estimate of drug-likeness (QED) is 0.439. The van der Waals surface area contributed by atoms with Crippen LogP contribution in [0.1, 0.15) is 24.8 Å². The first-order chi connectivity index (χ1) is 11.6. The van der Waals surface area contributed by atoms with Crippen molar-refractivity contribution in [2.45, 2.75) is 25.9 Å². The summed E-state index contributed by atoms with van der Waals surface area (Å²) < 4.78 is 6.16. The molecule has 1 aliphatic carbocycles. The Morgan fingerprint density at radius 1 is 1.08 bits per heavy atom. The highest BCUT2D eigenvalue weighted by atomic mass is 79.9. The van der Waals surface area contributed by atoms with Gasteiger partial charge in [0.05, 0.1) is 18.3 Å². The first-order valence-electron chi connectivity index (χ1n) is 7.96. The van der Waals surface area contributed by atoms with Gasteiger partial charge in [0.25, 0.3) is 0 Å². The molecule has 0 N–H and O–H groups in total. The van der Waals surface area contributed by atoms with Gasteiger partial charge >= 0.3 is 5.97 Å². The zero-order valence-electron chi connectivity index (χ0n) is 13.1. The Hall–Kier alpha value is -1.95. The third-order valence-electron chi connectivity index (χ3n) is 4.45. The van der Waals surface area contributed by atoms with Crippen LogP contribution >= 0.6 is 15.9 Å². The standard InChI is InChI=1S/C18H18BrNO4/c19-13-7-5-12(6-8-13)11-24-16(21)9-10-20-17(22)14-3-1-2-4-15(14)18(20)23/h1-2,5-8,14-15H,3-4,9-11H2/t14-,15-/m1/s1. The summed E-state index contributed by atoms with van der Waals surface area (Å²) in [4.78, 5) is 37.7. The largest absolute Gasteiger partial charge is 0.461 e. The number of fused-ring (bicyclic) bond motifs is 1. The fraction of sp³-hybridized carbons (Fsp3) is 0.389. The molecule has 0 bridgehead atoms. The molecule has 0 unspecified atom stereocenters. The maximum Gasteiger partial charge on any atom is 0.307 e. The van der Waals surface area contributed by atoms with Gasteiger partial charge in [0, 0.05) is 11.0 Å². The molecule has 3 rings (SSSR count). The summed E-state index contributed by atoms with van der Waals surface area (Å²) in [6, 6.07) is 7.48. The predicted molar refractivity (Wildman–Crippen MR) is 90.6 cm³/mol. The maximum atomic E-state index is 12.3. The molecule has 0 aromatic heterocycles. The van der Waals surface area contributed by atoms with E-state index in [1.54, 1.807) is 0 Å². The SMILES string of the molecule is O=C(CCN1C(=O)[C@@H]2CC=CC[C@H]2C1=O)OCc1ccc(Br)cc1. The van der Waals surface area contributed by atoms with Gasteiger partial charge in [0.1, 0.15) is 6.61 Å². The summed E-state index contributed by atoms with van der Waals surface area (Å²) >= 11 is 3.34. The summed E-state index contributed by atoms with van der Waals surface area (Å²) in [7, 11) is 0. The number of carbonyl (C=O) groups excluding carboxylic acids is 3. The lowest BCUT2D eigenvalue weighted by Crippen LogP contribution is -2.33. The molecule has 24 heavy (non-hydrogen) atoms. The lowest BCUT2D eigenvalue weighted by molar-refractivity contribution is -0.146. The Labute approximate surface area is 148 Å². The number of allylic oxidation sites excluding steroid dienone is 2. The molecule has 0 spiro atoms. The summed E-state index contributed by atoms with van der Waals surface area (Å²) in [5, 5.41) is 0. The van der Waals surface area contributed by atoms with Crippen LogP contribution in [0.25, 0.3) is 0 Å². The fourth-order valence-corrected chi connectivity index (χ4v) is 3.37. The van der Waals surface area contributed by atoms with Crippen LogP contribution in [0, 0.1) is 11.8 Å². The fourth-order valence-electron chi connectivity index (χ4n) is 3.11. The van der Waals surface area contributed by atoms with Crippen molar-refractivity contribution in [1.82, 2.24) is 4.90 Å². The average molecular weight is 392 g/mol. The number of amides is 2. The lowest BCUT2D eigenvalue weighted by Gasteiger charge is -2.14. The van der Waals surface area contributed by atoms with Crippen molar-refractivity contribution in [3.63, 3.8) is 0 Å². The number of hydrogen-bond acceptors (Lipinski definition) is 4. The van der Waals surface area contributed by atoms with Crippen LogP contribution in [-0.4, -0.2) is 29.2 Å². The maximum absolute atomic E-state index is 12.3. The first-order valence-corrected chi connectivity index (χ1v) is 8.76. The van der Waals surface area contributed by atoms with E-state index >= 15 is 0 Å². The minimum atomic E-state index is -0.411. The number of rotatable bonds is 5. The molecule has 0 radical (unpaired) electrons. The van der Waals surface area contributed by atoms with Gasteiger partial charge in [0.2, 0.25) is 11.8 Å². The van der Waals surface area contributed by atoms with Crippen LogP contribution in [0.3, 0.4) is 0 Å². The van der Waals surface area contributed by atoms with Gasteiger partial charge in [-0.25, -0.2) is 0 Å². The molecule has 1 heterocycles. The molecular weight excluding hydrogens is 374 g/mol. The molecule has 1 aliphatic heterocycles. The second-order valence-electron chi connectivity index (χ2n) is 6.02. The molecule has 0 saturated carbocycles. The van der Waals surface area contributed by atoms with Crippen molar-refractivity contribution in [3.8, 4) is 0 Å². The molecular formula is C18H18BrNO4. The number of hydrogen-bond donors (Lipinski definition) is 0. The highest BCUT2D eigenvalue weighted by Crippen LogP contribution is 2.35. The van der Waals surface area contributed by atoms with Gasteiger partial charge in [-0.2, -0.15) is 0 Å². The molecule has 6 heteroatoms. The van der Waals surface area contributed by atoms with Gasteiger partial charge in [-0.15, -0.1) is 0 Å². The van der Waals surface area contributed by atoms with E-state index < -0.39 is 5.97 Å². The minimum Gasteiger partial charge on any atom is -0.461 e. The van der Waals surface area contributed by atoms with Crippen molar-refractivity contribution >= 4 is 33.7 Å².